The second-order valence-electron chi connectivity index (χ2n) is 3.15. The van der Waals surface area contributed by atoms with Crippen LogP contribution in [0.25, 0.3) is 0 Å². The summed E-state index contributed by atoms with van der Waals surface area (Å²) >= 11 is 0. The first-order chi connectivity index (χ1) is 7.13. The maximum absolute atomic E-state index is 11.9. The predicted octanol–water partition coefficient (Wildman–Crippen LogP) is 1.79. The largest absolute Gasteiger partial charge is 0.339 e. The summed E-state index contributed by atoms with van der Waals surface area (Å²) in [4.78, 5) is 14.5. The minimum absolute atomic E-state index is 0.0357. The first-order valence-electron chi connectivity index (χ1n) is 4.75. The van der Waals surface area contributed by atoms with Crippen LogP contribution in [0.2, 0.25) is 0 Å². The van der Waals surface area contributed by atoms with Crippen LogP contribution in [0, 0.1) is 0 Å². The zero-order valence-electron chi connectivity index (χ0n) is 8.37. The Labute approximate surface area is 85.7 Å². The topological polar surface area (TPSA) is 56.0 Å². The molecule has 0 fully saturated rings. The van der Waals surface area contributed by atoms with E-state index >= 15 is 0 Å². The molecule has 1 aromatic heterocycles. The lowest BCUT2D eigenvalue weighted by atomic mass is 10.2. The van der Waals surface area contributed by atoms with Gasteiger partial charge in [0.1, 0.15) is 0 Å². The van der Waals surface area contributed by atoms with E-state index in [0.29, 0.717) is 12.2 Å². The van der Waals surface area contributed by atoms with E-state index in [9.17, 15) is 13.6 Å². The first-order valence-corrected chi connectivity index (χ1v) is 4.75. The zero-order valence-corrected chi connectivity index (χ0v) is 8.37. The number of aromatic nitrogens is 2. The minimum atomic E-state index is -2.98. The van der Waals surface area contributed by atoms with Gasteiger partial charge in [-0.3, -0.25) is 4.79 Å². The highest BCUT2D eigenvalue weighted by atomic mass is 19.3. The van der Waals surface area contributed by atoms with Gasteiger partial charge in [-0.05, 0) is 6.42 Å². The van der Waals surface area contributed by atoms with Crippen molar-refractivity contribution in [2.75, 3.05) is 0 Å². The van der Waals surface area contributed by atoms with Crippen molar-refractivity contribution >= 4 is 5.78 Å². The van der Waals surface area contributed by atoms with Gasteiger partial charge in [-0.25, -0.2) is 8.78 Å². The summed E-state index contributed by atoms with van der Waals surface area (Å²) in [6.45, 7) is 2.02. The number of carbonyl (C=O) groups excluding carboxylic acids is 1. The molecule has 1 heterocycles. The third-order valence-corrected chi connectivity index (χ3v) is 1.83. The van der Waals surface area contributed by atoms with E-state index in [-0.39, 0.29) is 5.89 Å². The Bertz CT molecular complexity index is 326. The van der Waals surface area contributed by atoms with Crippen molar-refractivity contribution in [1.82, 2.24) is 10.1 Å². The molecule has 84 valence electrons. The Morgan fingerprint density at radius 3 is 2.87 bits per heavy atom. The highest BCUT2D eigenvalue weighted by Gasteiger charge is 2.19. The normalized spacial score (nSPS) is 10.9. The quantitative estimate of drug-likeness (QED) is 0.730. The van der Waals surface area contributed by atoms with Crippen LogP contribution >= 0.6 is 0 Å². The third-order valence-electron chi connectivity index (χ3n) is 1.83. The van der Waals surface area contributed by atoms with E-state index in [4.69, 9.17) is 0 Å². The fourth-order valence-electron chi connectivity index (χ4n) is 1.02. The molecule has 0 bridgehead atoms. The molecule has 0 atom stereocenters. The highest BCUT2D eigenvalue weighted by molar-refractivity contribution is 5.82. The minimum Gasteiger partial charge on any atom is -0.339 e. The molecule has 0 N–H and O–H groups in total. The van der Waals surface area contributed by atoms with Crippen molar-refractivity contribution in [2.24, 2.45) is 0 Å². The second-order valence-corrected chi connectivity index (χ2v) is 3.15. The standard InChI is InChI=1S/C9H12F2N2O2/c1-2-3-4-7-12-8(15-13-7)5-6(14)9(10)11/h9H,2-5H2,1H3. The molecule has 1 aromatic rings. The number of Topliss-reactive ketones (excluding diaryl/α,β-unsaturated/α-hetero) is 1. The number of halogens is 2. The molecule has 1 rings (SSSR count). The second kappa shape index (κ2) is 5.53. The lowest BCUT2D eigenvalue weighted by Crippen LogP contribution is -2.12. The molecular formula is C9H12F2N2O2. The Morgan fingerprint density at radius 2 is 2.27 bits per heavy atom. The monoisotopic (exact) mass is 218 g/mol. The van der Waals surface area contributed by atoms with Crippen LogP contribution in [-0.2, 0) is 17.6 Å². The fraction of sp³-hybridized carbons (Fsp3) is 0.667. The molecule has 4 nitrogen and oxygen atoms in total. The van der Waals surface area contributed by atoms with Crippen LogP contribution in [0.3, 0.4) is 0 Å². The van der Waals surface area contributed by atoms with Crippen molar-refractivity contribution in [2.45, 2.75) is 39.0 Å². The molecule has 15 heavy (non-hydrogen) atoms. The van der Waals surface area contributed by atoms with Gasteiger partial charge in [-0.2, -0.15) is 4.98 Å². The van der Waals surface area contributed by atoms with Gasteiger partial charge in [-0.1, -0.05) is 18.5 Å². The SMILES string of the molecule is CCCCc1noc(CC(=O)C(F)F)n1. The number of aryl methyl sites for hydroxylation is 1. The molecule has 0 spiro atoms. The van der Waals surface area contributed by atoms with Crippen molar-refractivity contribution in [1.29, 1.82) is 0 Å². The van der Waals surface area contributed by atoms with Gasteiger partial charge in [0.2, 0.25) is 11.7 Å². The van der Waals surface area contributed by atoms with E-state index in [1.807, 2.05) is 6.92 Å². The van der Waals surface area contributed by atoms with Crippen molar-refractivity contribution in [3.8, 4) is 0 Å². The first kappa shape index (κ1) is 11.7. The fourth-order valence-corrected chi connectivity index (χ4v) is 1.02. The Balaban J connectivity index is 2.49. The number of unbranched alkanes of at least 4 members (excludes halogenated alkanes) is 1. The molecule has 0 aromatic carbocycles. The number of nitrogens with zero attached hydrogens (tertiary/aromatic N) is 2. The van der Waals surface area contributed by atoms with Crippen LogP contribution in [0.5, 0.6) is 0 Å². The molecule has 0 amide bonds. The summed E-state index contributed by atoms with van der Waals surface area (Å²) in [5.41, 5.74) is 0. The van der Waals surface area contributed by atoms with E-state index in [1.54, 1.807) is 0 Å². The lowest BCUT2D eigenvalue weighted by molar-refractivity contribution is -0.129. The lowest BCUT2D eigenvalue weighted by Gasteiger charge is -1.92. The molecule has 6 heteroatoms. The average molecular weight is 218 g/mol. The highest BCUT2D eigenvalue weighted by Crippen LogP contribution is 2.05. The van der Waals surface area contributed by atoms with Gasteiger partial charge in [0.05, 0.1) is 6.42 Å². The van der Waals surface area contributed by atoms with Gasteiger partial charge in [-0.15, -0.1) is 0 Å². The van der Waals surface area contributed by atoms with Gasteiger partial charge < -0.3 is 4.52 Å². The summed E-state index contributed by atoms with van der Waals surface area (Å²) in [6, 6.07) is 0. The van der Waals surface area contributed by atoms with Crippen LogP contribution < -0.4 is 0 Å². The maximum Gasteiger partial charge on any atom is 0.296 e. The van der Waals surface area contributed by atoms with Gasteiger partial charge >= 0.3 is 0 Å². The number of alkyl halides is 2. The molecule has 0 aliphatic heterocycles. The molecule has 0 aliphatic rings. The number of rotatable bonds is 6. The molecule has 0 saturated carbocycles. The maximum atomic E-state index is 11.9. The summed E-state index contributed by atoms with van der Waals surface area (Å²) in [5, 5.41) is 3.58. The summed E-state index contributed by atoms with van der Waals surface area (Å²) in [7, 11) is 0. The smallest absolute Gasteiger partial charge is 0.296 e. The van der Waals surface area contributed by atoms with Crippen LogP contribution in [0.4, 0.5) is 8.78 Å². The zero-order chi connectivity index (χ0) is 11.3. The molecule has 0 aliphatic carbocycles. The Hall–Kier alpha value is -1.33. The molecular weight excluding hydrogens is 206 g/mol. The van der Waals surface area contributed by atoms with Crippen molar-refractivity contribution in [3.63, 3.8) is 0 Å². The summed E-state index contributed by atoms with van der Waals surface area (Å²) < 4.78 is 28.4. The van der Waals surface area contributed by atoms with E-state index in [1.165, 1.54) is 0 Å². The average Bonchev–Trinajstić information content (AvgIpc) is 2.62. The molecule has 0 saturated heterocycles. The van der Waals surface area contributed by atoms with Crippen LogP contribution in [-0.4, -0.2) is 22.3 Å². The number of hydrogen-bond acceptors (Lipinski definition) is 4. The number of carbonyl (C=O) groups is 1. The third kappa shape index (κ3) is 3.73. The van der Waals surface area contributed by atoms with Gasteiger partial charge in [0, 0.05) is 6.42 Å². The van der Waals surface area contributed by atoms with E-state index in [0.717, 1.165) is 12.8 Å². The number of hydrogen-bond donors (Lipinski definition) is 0. The summed E-state index contributed by atoms with van der Waals surface area (Å²) in [5.74, 6) is -0.763. The van der Waals surface area contributed by atoms with Crippen LogP contribution in [0.15, 0.2) is 4.52 Å². The van der Waals surface area contributed by atoms with Crippen LogP contribution in [0.1, 0.15) is 31.5 Å². The van der Waals surface area contributed by atoms with Gasteiger partial charge in [0.25, 0.3) is 6.43 Å². The molecule has 0 radical (unpaired) electrons. The van der Waals surface area contributed by atoms with Crippen molar-refractivity contribution < 1.29 is 18.1 Å². The number of ketones is 1. The Kier molecular flexibility index (Phi) is 4.33. The predicted molar refractivity (Wildman–Crippen MR) is 47.6 cm³/mol. The van der Waals surface area contributed by atoms with Gasteiger partial charge in [0.15, 0.2) is 5.82 Å². The van der Waals surface area contributed by atoms with E-state index in [2.05, 4.69) is 14.7 Å². The van der Waals surface area contributed by atoms with E-state index < -0.39 is 18.6 Å². The summed E-state index contributed by atoms with van der Waals surface area (Å²) in [6.07, 6.45) is -0.933. The molecule has 0 unspecified atom stereocenters. The Morgan fingerprint density at radius 1 is 1.53 bits per heavy atom. The van der Waals surface area contributed by atoms with Crippen molar-refractivity contribution in [3.05, 3.63) is 11.7 Å².